The average Bonchev–Trinajstić information content (AvgIpc) is 3.02. The number of benzene rings is 2. The van der Waals surface area contributed by atoms with Gasteiger partial charge in [-0.05, 0) is 29.8 Å². The summed E-state index contributed by atoms with van der Waals surface area (Å²) >= 11 is 0. The second kappa shape index (κ2) is 7.48. The smallest absolute Gasteiger partial charge is 0.363 e. The number of nitro benzene ring substituents is 1. The lowest BCUT2D eigenvalue weighted by molar-refractivity contribution is -0.384. The molecule has 1 amide bonds. The third-order valence-electron chi connectivity index (χ3n) is 3.49. The van der Waals surface area contributed by atoms with Gasteiger partial charge >= 0.3 is 5.97 Å². The van der Waals surface area contributed by atoms with Gasteiger partial charge in [0.1, 0.15) is 5.75 Å². The van der Waals surface area contributed by atoms with Crippen LogP contribution in [0.1, 0.15) is 11.1 Å². The zero-order chi connectivity index (χ0) is 19.4. The van der Waals surface area contributed by atoms with Crippen molar-refractivity contribution in [3.05, 3.63) is 75.5 Å². The van der Waals surface area contributed by atoms with Crippen LogP contribution in [-0.4, -0.2) is 29.3 Å². The molecule has 0 bridgehead atoms. The maximum atomic E-state index is 12.0. The van der Waals surface area contributed by atoms with Crippen LogP contribution in [0.3, 0.4) is 0 Å². The number of amides is 1. The molecule has 0 saturated carbocycles. The Labute approximate surface area is 152 Å². The van der Waals surface area contributed by atoms with E-state index in [1.807, 2.05) is 0 Å². The first-order chi connectivity index (χ1) is 12.9. The number of non-ortho nitro benzene ring substituents is 1. The molecular formula is C18H13N3O6. The number of aliphatic imine (C=N–C) groups is 1. The molecule has 1 aliphatic rings. The van der Waals surface area contributed by atoms with E-state index >= 15 is 0 Å². The number of nitro groups is 1. The fourth-order valence-corrected chi connectivity index (χ4v) is 2.26. The molecule has 0 aliphatic carbocycles. The number of primary amides is 1. The average molecular weight is 367 g/mol. The van der Waals surface area contributed by atoms with E-state index < -0.39 is 16.8 Å². The SMILES string of the molecule is NC(=O)COc1ccc(/C=C2\N=C(c3cccc([N+](=O)[O-])c3)OC2=O)cc1. The van der Waals surface area contributed by atoms with Crippen molar-refractivity contribution in [2.75, 3.05) is 6.61 Å². The second-order valence-corrected chi connectivity index (χ2v) is 5.47. The van der Waals surface area contributed by atoms with Crippen LogP contribution in [-0.2, 0) is 14.3 Å². The number of carbonyl (C=O) groups excluding carboxylic acids is 2. The Morgan fingerprint density at radius 1 is 1.26 bits per heavy atom. The highest BCUT2D eigenvalue weighted by Crippen LogP contribution is 2.22. The molecule has 0 aromatic heterocycles. The van der Waals surface area contributed by atoms with Crippen molar-refractivity contribution in [1.29, 1.82) is 0 Å². The van der Waals surface area contributed by atoms with Crippen LogP contribution in [0.25, 0.3) is 6.08 Å². The van der Waals surface area contributed by atoms with Gasteiger partial charge in [-0.25, -0.2) is 9.79 Å². The minimum absolute atomic E-state index is 0.00337. The molecule has 0 saturated heterocycles. The maximum Gasteiger partial charge on any atom is 0.363 e. The molecule has 0 atom stereocenters. The molecule has 9 heteroatoms. The number of hydrogen-bond donors (Lipinski definition) is 1. The number of esters is 1. The lowest BCUT2D eigenvalue weighted by Crippen LogP contribution is -2.19. The van der Waals surface area contributed by atoms with Crippen molar-refractivity contribution < 1.29 is 24.0 Å². The number of hydrogen-bond acceptors (Lipinski definition) is 7. The Morgan fingerprint density at radius 2 is 2.00 bits per heavy atom. The quantitative estimate of drug-likeness (QED) is 0.358. The summed E-state index contributed by atoms with van der Waals surface area (Å²) in [4.78, 5) is 37.1. The van der Waals surface area contributed by atoms with E-state index in [0.29, 0.717) is 16.9 Å². The lowest BCUT2D eigenvalue weighted by atomic mass is 10.2. The Bertz CT molecular complexity index is 979. The molecule has 2 aromatic rings. The van der Waals surface area contributed by atoms with E-state index in [9.17, 15) is 19.7 Å². The van der Waals surface area contributed by atoms with Gasteiger partial charge < -0.3 is 15.2 Å². The van der Waals surface area contributed by atoms with Crippen molar-refractivity contribution in [1.82, 2.24) is 0 Å². The van der Waals surface area contributed by atoms with E-state index in [2.05, 4.69) is 4.99 Å². The lowest BCUT2D eigenvalue weighted by Gasteiger charge is -2.03. The van der Waals surface area contributed by atoms with Gasteiger partial charge in [-0.1, -0.05) is 18.2 Å². The summed E-state index contributed by atoms with van der Waals surface area (Å²) in [6.07, 6.45) is 1.50. The molecular weight excluding hydrogens is 354 g/mol. The van der Waals surface area contributed by atoms with Gasteiger partial charge in [-0.2, -0.15) is 0 Å². The third-order valence-corrected chi connectivity index (χ3v) is 3.49. The number of nitrogens with two attached hydrogens (primary N) is 1. The summed E-state index contributed by atoms with van der Waals surface area (Å²) < 4.78 is 10.2. The van der Waals surface area contributed by atoms with Gasteiger partial charge in [0.15, 0.2) is 12.3 Å². The van der Waals surface area contributed by atoms with Gasteiger partial charge in [-0.15, -0.1) is 0 Å². The predicted octanol–water partition coefficient (Wildman–Crippen LogP) is 1.80. The normalized spacial score (nSPS) is 14.6. The first-order valence-electron chi connectivity index (χ1n) is 7.71. The number of nitrogens with zero attached hydrogens (tertiary/aromatic N) is 2. The molecule has 9 nitrogen and oxygen atoms in total. The van der Waals surface area contributed by atoms with Crippen LogP contribution >= 0.6 is 0 Å². The Kier molecular flexibility index (Phi) is 4.93. The molecule has 0 radical (unpaired) electrons. The minimum Gasteiger partial charge on any atom is -0.484 e. The van der Waals surface area contributed by atoms with Crippen LogP contribution in [0, 0.1) is 10.1 Å². The zero-order valence-electron chi connectivity index (χ0n) is 13.8. The number of rotatable bonds is 6. The molecule has 1 aliphatic heterocycles. The summed E-state index contributed by atoms with van der Waals surface area (Å²) in [5.41, 5.74) is 5.91. The van der Waals surface area contributed by atoms with Crippen molar-refractivity contribution >= 4 is 29.5 Å². The van der Waals surface area contributed by atoms with Gasteiger partial charge in [0, 0.05) is 17.7 Å². The summed E-state index contributed by atoms with van der Waals surface area (Å²) in [5.74, 6) is -0.800. The van der Waals surface area contributed by atoms with Crippen molar-refractivity contribution in [3.8, 4) is 5.75 Å². The molecule has 0 fully saturated rings. The largest absolute Gasteiger partial charge is 0.484 e. The van der Waals surface area contributed by atoms with Crippen molar-refractivity contribution in [2.24, 2.45) is 10.7 Å². The predicted molar refractivity (Wildman–Crippen MR) is 94.8 cm³/mol. The van der Waals surface area contributed by atoms with Crippen LogP contribution < -0.4 is 10.5 Å². The van der Waals surface area contributed by atoms with E-state index in [1.54, 1.807) is 30.3 Å². The van der Waals surface area contributed by atoms with Crippen LogP contribution in [0.2, 0.25) is 0 Å². The number of ether oxygens (including phenoxy) is 2. The summed E-state index contributed by atoms with van der Waals surface area (Å²) in [7, 11) is 0. The molecule has 2 N–H and O–H groups in total. The van der Waals surface area contributed by atoms with Crippen LogP contribution in [0.5, 0.6) is 5.75 Å². The summed E-state index contributed by atoms with van der Waals surface area (Å²) in [5, 5.41) is 10.9. The topological polar surface area (TPSA) is 134 Å². The molecule has 27 heavy (non-hydrogen) atoms. The summed E-state index contributed by atoms with van der Waals surface area (Å²) in [6.45, 7) is -0.233. The molecule has 0 spiro atoms. The number of cyclic esters (lactones) is 1. The van der Waals surface area contributed by atoms with Crippen molar-refractivity contribution in [3.63, 3.8) is 0 Å². The Morgan fingerprint density at radius 3 is 2.67 bits per heavy atom. The zero-order valence-corrected chi connectivity index (χ0v) is 13.8. The fourth-order valence-electron chi connectivity index (χ4n) is 2.26. The van der Waals surface area contributed by atoms with E-state index in [0.717, 1.165) is 0 Å². The Balaban J connectivity index is 1.80. The van der Waals surface area contributed by atoms with Gasteiger partial charge in [0.05, 0.1) is 4.92 Å². The maximum absolute atomic E-state index is 12.0. The van der Waals surface area contributed by atoms with Gasteiger partial charge in [0.25, 0.3) is 11.6 Å². The van der Waals surface area contributed by atoms with Crippen LogP contribution in [0.15, 0.2) is 59.2 Å². The monoisotopic (exact) mass is 367 g/mol. The highest BCUT2D eigenvalue weighted by atomic mass is 16.6. The van der Waals surface area contributed by atoms with Crippen LogP contribution in [0.4, 0.5) is 5.69 Å². The van der Waals surface area contributed by atoms with Crippen molar-refractivity contribution in [2.45, 2.75) is 0 Å². The molecule has 3 rings (SSSR count). The number of carbonyl (C=O) groups is 2. The van der Waals surface area contributed by atoms with Gasteiger partial charge in [0.2, 0.25) is 5.90 Å². The fraction of sp³-hybridized carbons (Fsp3) is 0.0556. The summed E-state index contributed by atoms with van der Waals surface area (Å²) in [6, 6.07) is 12.2. The van der Waals surface area contributed by atoms with E-state index in [4.69, 9.17) is 15.2 Å². The van der Waals surface area contributed by atoms with Gasteiger partial charge in [-0.3, -0.25) is 14.9 Å². The molecule has 1 heterocycles. The standard InChI is InChI=1S/C18H13N3O6/c19-16(22)10-26-14-6-4-11(5-7-14)8-15-18(23)27-17(20-15)12-2-1-3-13(9-12)21(24)25/h1-9H,10H2,(H2,19,22)/b15-8-. The Hall–Kier alpha value is -4.01. The second-order valence-electron chi connectivity index (χ2n) is 5.47. The first-order valence-corrected chi connectivity index (χ1v) is 7.71. The highest BCUT2D eigenvalue weighted by molar-refractivity contribution is 6.13. The third kappa shape index (κ3) is 4.34. The molecule has 136 valence electrons. The van der Waals surface area contributed by atoms with E-state index in [-0.39, 0.29) is 23.9 Å². The highest BCUT2D eigenvalue weighted by Gasteiger charge is 2.25. The molecule has 2 aromatic carbocycles. The minimum atomic E-state index is -0.662. The first kappa shape index (κ1) is 17.8. The van der Waals surface area contributed by atoms with E-state index in [1.165, 1.54) is 24.3 Å². The molecule has 0 unspecified atom stereocenters.